The van der Waals surface area contributed by atoms with Crippen LogP contribution in [0.5, 0.6) is 5.75 Å². The molecule has 1 aliphatic rings. The van der Waals surface area contributed by atoms with Crippen molar-refractivity contribution in [3.63, 3.8) is 0 Å². The Hall–Kier alpha value is -0.770. The van der Waals surface area contributed by atoms with Crippen LogP contribution in [-0.4, -0.2) is 18.8 Å². The molecule has 0 bridgehead atoms. The van der Waals surface area contributed by atoms with Gasteiger partial charge in [0.1, 0.15) is 11.4 Å². The number of halogens is 1. The van der Waals surface area contributed by atoms with Gasteiger partial charge in [0.15, 0.2) is 0 Å². The van der Waals surface area contributed by atoms with E-state index in [4.69, 9.17) is 26.8 Å². The molecular formula is C13H18ClNO2. The first kappa shape index (κ1) is 12.7. The fourth-order valence-electron chi connectivity index (χ4n) is 2.19. The summed E-state index contributed by atoms with van der Waals surface area (Å²) in [5, 5.41) is 0.691. The molecule has 2 atom stereocenters. The van der Waals surface area contributed by atoms with Gasteiger partial charge in [-0.1, -0.05) is 11.6 Å². The second-order valence-electron chi connectivity index (χ2n) is 4.68. The van der Waals surface area contributed by atoms with E-state index < -0.39 is 0 Å². The molecule has 3 nitrogen and oxygen atoms in total. The molecule has 0 radical (unpaired) electrons. The molecule has 0 spiro atoms. The van der Waals surface area contributed by atoms with Gasteiger partial charge in [-0.15, -0.1) is 0 Å². The monoisotopic (exact) mass is 255 g/mol. The van der Waals surface area contributed by atoms with Crippen LogP contribution >= 0.6 is 11.6 Å². The van der Waals surface area contributed by atoms with Crippen LogP contribution < -0.4 is 10.5 Å². The Labute approximate surface area is 107 Å². The Bertz CT molecular complexity index is 410. The van der Waals surface area contributed by atoms with Gasteiger partial charge >= 0.3 is 0 Å². The summed E-state index contributed by atoms with van der Waals surface area (Å²) in [6.07, 6.45) is 0.736. The molecule has 0 aliphatic carbocycles. The van der Waals surface area contributed by atoms with Crippen molar-refractivity contribution >= 4 is 11.6 Å². The van der Waals surface area contributed by atoms with Crippen LogP contribution in [0.4, 0.5) is 0 Å². The average molecular weight is 256 g/mol. The summed E-state index contributed by atoms with van der Waals surface area (Å²) >= 11 is 5.96. The minimum Gasteiger partial charge on any atom is -0.485 e. The lowest BCUT2D eigenvalue weighted by Crippen LogP contribution is -2.44. The summed E-state index contributed by atoms with van der Waals surface area (Å²) < 4.78 is 11.4. The van der Waals surface area contributed by atoms with E-state index in [1.165, 1.54) is 0 Å². The minimum atomic E-state index is -0.351. The molecule has 1 aromatic carbocycles. The van der Waals surface area contributed by atoms with E-state index in [9.17, 15) is 0 Å². The molecule has 0 saturated heterocycles. The number of fused-ring (bicyclic) bond motifs is 1. The Morgan fingerprint density at radius 3 is 3.06 bits per heavy atom. The average Bonchev–Trinajstić information content (AvgIpc) is 2.28. The van der Waals surface area contributed by atoms with E-state index in [1.54, 1.807) is 0 Å². The van der Waals surface area contributed by atoms with Crippen molar-refractivity contribution in [1.82, 2.24) is 0 Å². The predicted octanol–water partition coefficient (Wildman–Crippen LogP) is 2.92. The first-order valence-electron chi connectivity index (χ1n) is 5.86. The number of rotatable bonds is 3. The first-order chi connectivity index (χ1) is 8.04. The third kappa shape index (κ3) is 2.73. The summed E-state index contributed by atoms with van der Waals surface area (Å²) in [5.74, 6) is 0.815. The number of hydrogen-bond donors (Lipinski definition) is 1. The third-order valence-corrected chi connectivity index (χ3v) is 3.23. The standard InChI is InChI=1S/C13H18ClNO2/c1-3-16-8-13(2)7-11(15)10-6-9(14)4-5-12(10)17-13/h4-6,11H,3,7-8,15H2,1-2H3/t11-,13?/m1/s1. The maximum Gasteiger partial charge on any atom is 0.131 e. The van der Waals surface area contributed by atoms with Crippen LogP contribution in [0, 0.1) is 0 Å². The normalized spacial score (nSPS) is 27.4. The van der Waals surface area contributed by atoms with E-state index >= 15 is 0 Å². The van der Waals surface area contributed by atoms with E-state index in [-0.39, 0.29) is 11.6 Å². The van der Waals surface area contributed by atoms with E-state index in [1.807, 2.05) is 32.0 Å². The minimum absolute atomic E-state index is 0.0529. The van der Waals surface area contributed by atoms with Crippen LogP contribution in [0.15, 0.2) is 18.2 Å². The molecule has 0 amide bonds. The van der Waals surface area contributed by atoms with Crippen LogP contribution in [-0.2, 0) is 4.74 Å². The number of benzene rings is 1. The third-order valence-electron chi connectivity index (χ3n) is 2.99. The fraction of sp³-hybridized carbons (Fsp3) is 0.538. The summed E-state index contributed by atoms with van der Waals surface area (Å²) in [4.78, 5) is 0. The van der Waals surface area contributed by atoms with Gasteiger partial charge in [0.05, 0.1) is 6.61 Å². The zero-order valence-electron chi connectivity index (χ0n) is 10.2. The highest BCUT2D eigenvalue weighted by atomic mass is 35.5. The Balaban J connectivity index is 2.23. The number of nitrogens with two attached hydrogens (primary N) is 1. The van der Waals surface area contributed by atoms with Crippen molar-refractivity contribution in [2.75, 3.05) is 13.2 Å². The molecule has 1 aromatic rings. The molecule has 0 aromatic heterocycles. The lowest BCUT2D eigenvalue weighted by atomic mass is 9.89. The SMILES string of the molecule is CCOCC1(C)C[C@@H](N)c2cc(Cl)ccc2O1. The van der Waals surface area contributed by atoms with Crippen molar-refractivity contribution in [1.29, 1.82) is 0 Å². The highest BCUT2D eigenvalue weighted by Crippen LogP contribution is 2.39. The predicted molar refractivity (Wildman–Crippen MR) is 68.5 cm³/mol. The molecule has 0 saturated carbocycles. The highest BCUT2D eigenvalue weighted by molar-refractivity contribution is 6.30. The van der Waals surface area contributed by atoms with Gasteiger partial charge in [-0.25, -0.2) is 0 Å². The first-order valence-corrected chi connectivity index (χ1v) is 6.24. The van der Waals surface area contributed by atoms with Gasteiger partial charge in [-0.3, -0.25) is 0 Å². The maximum absolute atomic E-state index is 6.17. The number of hydrogen-bond acceptors (Lipinski definition) is 3. The quantitative estimate of drug-likeness (QED) is 0.903. The van der Waals surface area contributed by atoms with E-state index in [2.05, 4.69) is 0 Å². The molecule has 17 heavy (non-hydrogen) atoms. The zero-order valence-corrected chi connectivity index (χ0v) is 11.0. The smallest absolute Gasteiger partial charge is 0.131 e. The molecule has 1 heterocycles. The Morgan fingerprint density at radius 1 is 1.59 bits per heavy atom. The van der Waals surface area contributed by atoms with Gasteiger partial charge in [0, 0.05) is 29.7 Å². The summed E-state index contributed by atoms with van der Waals surface area (Å²) in [7, 11) is 0. The van der Waals surface area contributed by atoms with Crippen LogP contribution in [0.25, 0.3) is 0 Å². The largest absolute Gasteiger partial charge is 0.485 e. The van der Waals surface area contributed by atoms with Gasteiger partial charge in [0.25, 0.3) is 0 Å². The molecule has 0 fully saturated rings. The van der Waals surface area contributed by atoms with Crippen LogP contribution in [0.1, 0.15) is 31.9 Å². The molecule has 2 rings (SSSR count). The topological polar surface area (TPSA) is 44.5 Å². The molecule has 94 valence electrons. The number of ether oxygens (including phenoxy) is 2. The molecular weight excluding hydrogens is 238 g/mol. The van der Waals surface area contributed by atoms with Crippen molar-refractivity contribution in [2.24, 2.45) is 5.73 Å². The van der Waals surface area contributed by atoms with Gasteiger partial charge in [-0.2, -0.15) is 0 Å². The Morgan fingerprint density at radius 2 is 2.35 bits per heavy atom. The molecule has 4 heteroatoms. The molecule has 1 aliphatic heterocycles. The summed E-state index contributed by atoms with van der Waals surface area (Å²) in [5.41, 5.74) is 6.80. The summed E-state index contributed by atoms with van der Waals surface area (Å²) in [6.45, 7) is 5.24. The van der Waals surface area contributed by atoms with Crippen molar-refractivity contribution < 1.29 is 9.47 Å². The Kier molecular flexibility index (Phi) is 3.61. The van der Waals surface area contributed by atoms with Gasteiger partial charge in [-0.05, 0) is 32.0 Å². The lowest BCUT2D eigenvalue weighted by Gasteiger charge is -2.38. The summed E-state index contributed by atoms with van der Waals surface area (Å²) in [6, 6.07) is 5.52. The second kappa shape index (κ2) is 4.84. The molecule has 1 unspecified atom stereocenters. The van der Waals surface area contributed by atoms with E-state index in [0.29, 0.717) is 18.2 Å². The van der Waals surface area contributed by atoms with Gasteiger partial charge < -0.3 is 15.2 Å². The van der Waals surface area contributed by atoms with Crippen molar-refractivity contribution in [3.8, 4) is 5.75 Å². The van der Waals surface area contributed by atoms with Crippen molar-refractivity contribution in [3.05, 3.63) is 28.8 Å². The van der Waals surface area contributed by atoms with E-state index in [0.717, 1.165) is 17.7 Å². The van der Waals surface area contributed by atoms with Crippen LogP contribution in [0.2, 0.25) is 5.02 Å². The maximum atomic E-state index is 6.17. The fourth-order valence-corrected chi connectivity index (χ4v) is 2.37. The highest BCUT2D eigenvalue weighted by Gasteiger charge is 2.36. The van der Waals surface area contributed by atoms with Crippen LogP contribution in [0.3, 0.4) is 0 Å². The molecule has 2 N–H and O–H groups in total. The lowest BCUT2D eigenvalue weighted by molar-refractivity contribution is -0.0302. The van der Waals surface area contributed by atoms with Gasteiger partial charge in [0.2, 0.25) is 0 Å². The zero-order chi connectivity index (χ0) is 12.5. The van der Waals surface area contributed by atoms with Crippen molar-refractivity contribution in [2.45, 2.75) is 31.9 Å². The second-order valence-corrected chi connectivity index (χ2v) is 5.12.